The van der Waals surface area contributed by atoms with Gasteiger partial charge in [0.25, 0.3) is 5.91 Å². The molecule has 0 aliphatic carbocycles. The second kappa shape index (κ2) is 7.04. The van der Waals surface area contributed by atoms with Gasteiger partial charge in [0.1, 0.15) is 5.69 Å². The minimum atomic E-state index is -0.949. The van der Waals surface area contributed by atoms with Crippen LogP contribution < -0.4 is 5.32 Å². The van der Waals surface area contributed by atoms with E-state index in [-0.39, 0.29) is 5.69 Å². The molecule has 0 radical (unpaired) electrons. The van der Waals surface area contributed by atoms with Crippen molar-refractivity contribution in [1.29, 1.82) is 0 Å². The number of hydrogen-bond donors (Lipinski definition) is 1. The van der Waals surface area contributed by atoms with Gasteiger partial charge in [0.15, 0.2) is 6.10 Å². The number of aryl methyl sites for hydroxylation is 1. The molecule has 2 aromatic rings. The van der Waals surface area contributed by atoms with E-state index < -0.39 is 18.0 Å². The van der Waals surface area contributed by atoms with Crippen LogP contribution >= 0.6 is 11.6 Å². The highest BCUT2D eigenvalue weighted by atomic mass is 35.5. The lowest BCUT2D eigenvalue weighted by atomic mass is 10.2. The van der Waals surface area contributed by atoms with Gasteiger partial charge in [0.05, 0.1) is 0 Å². The van der Waals surface area contributed by atoms with Gasteiger partial charge in [0.2, 0.25) is 0 Å². The molecule has 1 aromatic heterocycles. The molecule has 0 aliphatic rings. The molecule has 0 bridgehead atoms. The molecule has 5 nitrogen and oxygen atoms in total. The zero-order valence-electron chi connectivity index (χ0n) is 12.2. The van der Waals surface area contributed by atoms with Crippen molar-refractivity contribution in [2.45, 2.75) is 20.0 Å². The summed E-state index contributed by atoms with van der Waals surface area (Å²) in [6.07, 6.45) is 0.449. The Morgan fingerprint density at radius 3 is 2.55 bits per heavy atom. The number of benzene rings is 1. The molecule has 1 atom stereocenters. The number of esters is 1. The number of amides is 1. The van der Waals surface area contributed by atoms with Crippen LogP contribution in [0.5, 0.6) is 0 Å². The first kappa shape index (κ1) is 16.0. The van der Waals surface area contributed by atoms with Crippen LogP contribution in [0.25, 0.3) is 0 Å². The van der Waals surface area contributed by atoms with Crippen LogP contribution in [0.3, 0.4) is 0 Å². The van der Waals surface area contributed by atoms with Crippen LogP contribution in [-0.2, 0) is 9.53 Å². The third kappa shape index (κ3) is 4.30. The molecule has 6 heteroatoms. The van der Waals surface area contributed by atoms with E-state index in [0.29, 0.717) is 10.7 Å². The number of nitrogens with one attached hydrogen (secondary N) is 1. The fourth-order valence-electron chi connectivity index (χ4n) is 1.67. The van der Waals surface area contributed by atoms with Crippen molar-refractivity contribution in [3.8, 4) is 0 Å². The van der Waals surface area contributed by atoms with Gasteiger partial charge in [-0.3, -0.25) is 4.79 Å². The zero-order chi connectivity index (χ0) is 16.1. The number of hydrogen-bond acceptors (Lipinski definition) is 4. The van der Waals surface area contributed by atoms with Crippen molar-refractivity contribution in [3.63, 3.8) is 0 Å². The normalized spacial score (nSPS) is 11.6. The lowest BCUT2D eigenvalue weighted by molar-refractivity contribution is -0.123. The molecule has 0 saturated heterocycles. The molecule has 1 aromatic carbocycles. The third-order valence-electron chi connectivity index (χ3n) is 2.90. The Hall–Kier alpha value is -2.40. The summed E-state index contributed by atoms with van der Waals surface area (Å²) in [5.74, 6) is -1.12. The van der Waals surface area contributed by atoms with Crippen LogP contribution in [-0.4, -0.2) is 23.0 Å². The monoisotopic (exact) mass is 318 g/mol. The smallest absolute Gasteiger partial charge is 0.357 e. The Labute approximate surface area is 133 Å². The summed E-state index contributed by atoms with van der Waals surface area (Å²) in [6, 6.07) is 10.2. The van der Waals surface area contributed by atoms with Crippen LogP contribution in [0, 0.1) is 6.92 Å². The second-order valence-electron chi connectivity index (χ2n) is 4.76. The van der Waals surface area contributed by atoms with E-state index in [4.69, 9.17) is 16.3 Å². The van der Waals surface area contributed by atoms with Gasteiger partial charge in [-0.15, -0.1) is 0 Å². The van der Waals surface area contributed by atoms with Gasteiger partial charge in [-0.1, -0.05) is 29.3 Å². The molecule has 0 saturated carbocycles. The molecule has 1 heterocycles. The zero-order valence-corrected chi connectivity index (χ0v) is 12.9. The number of ether oxygens (including phenoxy) is 1. The summed E-state index contributed by atoms with van der Waals surface area (Å²) >= 11 is 5.78. The minimum absolute atomic E-state index is 0.0579. The van der Waals surface area contributed by atoms with Crippen molar-refractivity contribution in [2.24, 2.45) is 0 Å². The van der Waals surface area contributed by atoms with Crippen molar-refractivity contribution in [3.05, 3.63) is 58.9 Å². The predicted octanol–water partition coefficient (Wildman–Crippen LogP) is 3.23. The van der Waals surface area contributed by atoms with Gasteiger partial charge in [-0.2, -0.15) is 0 Å². The first-order valence-electron chi connectivity index (χ1n) is 6.66. The maximum absolute atomic E-state index is 12.0. The molecule has 22 heavy (non-hydrogen) atoms. The molecule has 0 aliphatic heterocycles. The van der Waals surface area contributed by atoms with E-state index in [2.05, 4.69) is 10.3 Å². The number of carbonyl (C=O) groups is 2. The number of halogens is 1. The van der Waals surface area contributed by atoms with Crippen molar-refractivity contribution < 1.29 is 14.3 Å². The Kier molecular flexibility index (Phi) is 5.12. The van der Waals surface area contributed by atoms with Crippen LogP contribution in [0.15, 0.2) is 42.6 Å². The van der Waals surface area contributed by atoms with Crippen molar-refractivity contribution in [2.75, 3.05) is 5.32 Å². The highest BCUT2D eigenvalue weighted by Gasteiger charge is 2.20. The number of aromatic nitrogens is 1. The Morgan fingerprint density at radius 1 is 1.23 bits per heavy atom. The standard InChI is InChI=1S/C16H15ClN2O3/c1-10-3-5-13(6-4-10)19-15(20)11(2)22-16(21)14-9-12(17)7-8-18-14/h3-9,11H,1-2H3,(H,19,20)/t11-/m1/s1. The van der Waals surface area contributed by atoms with E-state index in [0.717, 1.165) is 5.56 Å². The Morgan fingerprint density at radius 2 is 1.91 bits per heavy atom. The molecular formula is C16H15ClN2O3. The fourth-order valence-corrected chi connectivity index (χ4v) is 1.83. The Balaban J connectivity index is 1.96. The van der Waals surface area contributed by atoms with Gasteiger partial charge in [0, 0.05) is 16.9 Å². The SMILES string of the molecule is Cc1ccc(NC(=O)[C@@H](C)OC(=O)c2cc(Cl)ccn2)cc1. The number of rotatable bonds is 4. The third-order valence-corrected chi connectivity index (χ3v) is 3.14. The van der Waals surface area contributed by atoms with E-state index >= 15 is 0 Å². The van der Waals surface area contributed by atoms with Crippen molar-refractivity contribution in [1.82, 2.24) is 4.98 Å². The highest BCUT2D eigenvalue weighted by Crippen LogP contribution is 2.12. The van der Waals surface area contributed by atoms with Gasteiger partial charge in [-0.25, -0.2) is 9.78 Å². The van der Waals surface area contributed by atoms with Crippen LogP contribution in [0.4, 0.5) is 5.69 Å². The summed E-state index contributed by atoms with van der Waals surface area (Å²) in [5, 5.41) is 3.05. The van der Waals surface area contributed by atoms with E-state index in [1.54, 1.807) is 18.2 Å². The lowest BCUT2D eigenvalue weighted by Crippen LogP contribution is -2.30. The first-order valence-corrected chi connectivity index (χ1v) is 7.03. The summed E-state index contributed by atoms with van der Waals surface area (Å²) in [6.45, 7) is 3.44. The number of nitrogens with zero attached hydrogens (tertiary/aromatic N) is 1. The van der Waals surface area contributed by atoms with Crippen LogP contribution in [0.2, 0.25) is 5.02 Å². The van der Waals surface area contributed by atoms with Crippen molar-refractivity contribution >= 4 is 29.2 Å². The highest BCUT2D eigenvalue weighted by molar-refractivity contribution is 6.30. The minimum Gasteiger partial charge on any atom is -0.448 e. The average molecular weight is 319 g/mol. The molecule has 1 amide bonds. The average Bonchev–Trinajstić information content (AvgIpc) is 2.49. The molecule has 1 N–H and O–H groups in total. The molecule has 0 spiro atoms. The van der Waals surface area contributed by atoms with Gasteiger partial charge >= 0.3 is 5.97 Å². The molecule has 0 fully saturated rings. The quantitative estimate of drug-likeness (QED) is 0.879. The maximum atomic E-state index is 12.0. The van der Waals surface area contributed by atoms with E-state index in [9.17, 15) is 9.59 Å². The first-order chi connectivity index (χ1) is 10.5. The van der Waals surface area contributed by atoms with Gasteiger partial charge in [-0.05, 0) is 38.1 Å². The summed E-state index contributed by atoms with van der Waals surface area (Å²) in [4.78, 5) is 27.7. The van der Waals surface area contributed by atoms with E-state index in [1.807, 2.05) is 19.1 Å². The molecular weight excluding hydrogens is 304 g/mol. The number of pyridine rings is 1. The number of carbonyl (C=O) groups excluding carboxylic acids is 2. The lowest BCUT2D eigenvalue weighted by Gasteiger charge is -2.13. The van der Waals surface area contributed by atoms with E-state index in [1.165, 1.54) is 19.2 Å². The largest absolute Gasteiger partial charge is 0.448 e. The summed E-state index contributed by atoms with van der Waals surface area (Å²) < 4.78 is 5.08. The molecule has 0 unspecified atom stereocenters. The summed E-state index contributed by atoms with van der Waals surface area (Å²) in [7, 11) is 0. The topological polar surface area (TPSA) is 68.3 Å². The predicted molar refractivity (Wildman–Crippen MR) is 83.9 cm³/mol. The number of anilines is 1. The molecule has 114 valence electrons. The van der Waals surface area contributed by atoms with Crippen LogP contribution in [0.1, 0.15) is 23.0 Å². The molecule has 2 rings (SSSR count). The fraction of sp³-hybridized carbons (Fsp3) is 0.188. The Bertz CT molecular complexity index is 686. The maximum Gasteiger partial charge on any atom is 0.357 e. The second-order valence-corrected chi connectivity index (χ2v) is 5.20. The summed E-state index contributed by atoms with van der Waals surface area (Å²) in [5.41, 5.74) is 1.78. The van der Waals surface area contributed by atoms with Gasteiger partial charge < -0.3 is 10.1 Å².